The van der Waals surface area contributed by atoms with E-state index in [9.17, 15) is 26.8 Å². The van der Waals surface area contributed by atoms with E-state index in [1.54, 1.807) is 13.8 Å². The molecule has 2 amide bonds. The van der Waals surface area contributed by atoms with Crippen LogP contribution in [0.25, 0.3) is 0 Å². The summed E-state index contributed by atoms with van der Waals surface area (Å²) < 4.78 is 61.0. The largest absolute Gasteiger partial charge is 0.494 e. The second kappa shape index (κ2) is 13.2. The maximum atomic E-state index is 13.8. The Kier molecular flexibility index (Phi) is 10.00. The minimum Gasteiger partial charge on any atom is -0.494 e. The van der Waals surface area contributed by atoms with Crippen molar-refractivity contribution in [1.29, 1.82) is 0 Å². The Morgan fingerprint density at radius 3 is 1.97 bits per heavy atom. The van der Waals surface area contributed by atoms with E-state index in [0.717, 1.165) is 16.4 Å². The minimum atomic E-state index is -4.31. The van der Waals surface area contributed by atoms with Crippen molar-refractivity contribution in [2.75, 3.05) is 24.5 Å². The highest BCUT2D eigenvalue weighted by molar-refractivity contribution is 7.92. The van der Waals surface area contributed by atoms with Crippen molar-refractivity contribution in [2.45, 2.75) is 37.8 Å². The van der Waals surface area contributed by atoms with Crippen LogP contribution >= 0.6 is 0 Å². The van der Waals surface area contributed by atoms with E-state index in [2.05, 4.69) is 5.32 Å². The number of anilines is 1. The molecular weight excluding hydrogens is 528 g/mol. The average Bonchev–Trinajstić information content (AvgIpc) is 2.93. The zero-order chi connectivity index (χ0) is 28.6. The fourth-order valence-electron chi connectivity index (χ4n) is 4.01. The maximum Gasteiger partial charge on any atom is 0.264 e. The first kappa shape index (κ1) is 29.6. The highest BCUT2D eigenvalue weighted by atomic mass is 32.2. The Labute approximate surface area is 227 Å². The summed E-state index contributed by atoms with van der Waals surface area (Å²) in [5.74, 6) is -1.67. The number of ether oxygens (including phenoxy) is 1. The molecule has 8 nitrogen and oxygen atoms in total. The van der Waals surface area contributed by atoms with Crippen LogP contribution in [0.5, 0.6) is 5.75 Å². The number of carbonyl (C=O) groups excluding carboxylic acids is 2. The number of nitrogens with zero attached hydrogens (tertiary/aromatic N) is 2. The summed E-state index contributed by atoms with van der Waals surface area (Å²) in [5.41, 5.74) is 0.614. The summed E-state index contributed by atoms with van der Waals surface area (Å²) in [6.45, 7) is 3.18. The van der Waals surface area contributed by atoms with Gasteiger partial charge in [-0.2, -0.15) is 0 Å². The number of nitrogens with one attached hydrogen (secondary N) is 1. The Hall–Kier alpha value is -3.99. The number of hydrogen-bond donors (Lipinski definition) is 1. The van der Waals surface area contributed by atoms with E-state index in [4.69, 9.17) is 4.74 Å². The molecule has 0 aliphatic carbocycles. The van der Waals surface area contributed by atoms with Crippen LogP contribution in [-0.2, 0) is 26.2 Å². The number of likely N-dealkylation sites (N-methyl/N-ethyl adjacent to an activating group) is 1. The van der Waals surface area contributed by atoms with E-state index in [1.807, 2.05) is 0 Å². The molecule has 1 N–H and O–H groups in total. The third kappa shape index (κ3) is 7.32. The van der Waals surface area contributed by atoms with Gasteiger partial charge in [0, 0.05) is 13.6 Å². The fraction of sp³-hybridized carbons (Fsp3) is 0.286. The first-order chi connectivity index (χ1) is 18.6. The van der Waals surface area contributed by atoms with Crippen LogP contribution in [-0.4, -0.2) is 51.4 Å². The van der Waals surface area contributed by atoms with Crippen molar-refractivity contribution in [3.05, 3.63) is 90.0 Å². The fourth-order valence-corrected chi connectivity index (χ4v) is 5.42. The monoisotopic (exact) mass is 559 g/mol. The minimum absolute atomic E-state index is 0.0633. The molecule has 0 saturated heterocycles. The summed E-state index contributed by atoms with van der Waals surface area (Å²) in [7, 11) is -2.87. The van der Waals surface area contributed by atoms with Crippen molar-refractivity contribution in [3.8, 4) is 5.75 Å². The van der Waals surface area contributed by atoms with Crippen molar-refractivity contribution in [1.82, 2.24) is 10.2 Å². The topological polar surface area (TPSA) is 96.0 Å². The van der Waals surface area contributed by atoms with Crippen LogP contribution in [0.3, 0.4) is 0 Å². The van der Waals surface area contributed by atoms with E-state index in [-0.39, 0.29) is 23.5 Å². The molecule has 0 fully saturated rings. The average molecular weight is 560 g/mol. The Balaban J connectivity index is 2.03. The molecule has 0 spiro atoms. The summed E-state index contributed by atoms with van der Waals surface area (Å²) in [4.78, 5) is 27.6. The lowest BCUT2D eigenvalue weighted by Gasteiger charge is -2.33. The summed E-state index contributed by atoms with van der Waals surface area (Å²) in [6, 6.07) is 14.9. The zero-order valence-electron chi connectivity index (χ0n) is 21.9. The predicted molar refractivity (Wildman–Crippen MR) is 144 cm³/mol. The first-order valence-corrected chi connectivity index (χ1v) is 13.8. The van der Waals surface area contributed by atoms with Gasteiger partial charge in [-0.1, -0.05) is 19.1 Å². The van der Waals surface area contributed by atoms with Crippen LogP contribution in [0.1, 0.15) is 25.8 Å². The molecule has 1 atom stereocenters. The van der Waals surface area contributed by atoms with Gasteiger partial charge in [-0.3, -0.25) is 13.9 Å². The maximum absolute atomic E-state index is 13.8. The van der Waals surface area contributed by atoms with E-state index in [0.29, 0.717) is 17.9 Å². The normalized spacial score (nSPS) is 11.9. The summed E-state index contributed by atoms with van der Waals surface area (Å²) >= 11 is 0. The third-order valence-corrected chi connectivity index (χ3v) is 7.80. The van der Waals surface area contributed by atoms with Crippen molar-refractivity contribution >= 4 is 27.5 Å². The third-order valence-electron chi connectivity index (χ3n) is 6.01. The number of amides is 2. The number of rotatable bonds is 12. The van der Waals surface area contributed by atoms with Gasteiger partial charge in [0.25, 0.3) is 10.0 Å². The van der Waals surface area contributed by atoms with Gasteiger partial charge in [-0.15, -0.1) is 0 Å². The van der Waals surface area contributed by atoms with E-state index in [1.165, 1.54) is 72.6 Å². The zero-order valence-corrected chi connectivity index (χ0v) is 22.8. The molecular formula is C28H31F2N3O5S. The summed E-state index contributed by atoms with van der Waals surface area (Å²) in [5, 5.41) is 2.53. The van der Waals surface area contributed by atoms with Crippen molar-refractivity contribution in [3.63, 3.8) is 0 Å². The van der Waals surface area contributed by atoms with Crippen LogP contribution < -0.4 is 14.4 Å². The number of hydrogen-bond acceptors (Lipinski definition) is 5. The molecule has 3 rings (SSSR count). The lowest BCUT2D eigenvalue weighted by atomic mass is 10.1. The number of carbonyl (C=O) groups is 2. The smallest absolute Gasteiger partial charge is 0.264 e. The lowest BCUT2D eigenvalue weighted by molar-refractivity contribution is -0.140. The van der Waals surface area contributed by atoms with Gasteiger partial charge < -0.3 is 15.0 Å². The second-order valence-corrected chi connectivity index (χ2v) is 10.4. The molecule has 0 aliphatic rings. The quantitative estimate of drug-likeness (QED) is 0.360. The van der Waals surface area contributed by atoms with Crippen LogP contribution in [0.2, 0.25) is 0 Å². The highest BCUT2D eigenvalue weighted by Crippen LogP contribution is 2.26. The molecule has 11 heteroatoms. The van der Waals surface area contributed by atoms with E-state index < -0.39 is 46.1 Å². The van der Waals surface area contributed by atoms with Gasteiger partial charge in [0.15, 0.2) is 0 Å². The molecule has 0 heterocycles. The lowest BCUT2D eigenvalue weighted by Crippen LogP contribution is -2.51. The number of halogens is 2. The van der Waals surface area contributed by atoms with Crippen molar-refractivity contribution < 1.29 is 31.5 Å². The molecule has 3 aromatic carbocycles. The van der Waals surface area contributed by atoms with E-state index >= 15 is 0 Å². The molecule has 3 aromatic rings. The van der Waals surface area contributed by atoms with Gasteiger partial charge >= 0.3 is 0 Å². The molecule has 0 bridgehead atoms. The molecule has 208 valence electrons. The molecule has 1 unspecified atom stereocenters. The molecule has 0 saturated carbocycles. The summed E-state index contributed by atoms with van der Waals surface area (Å²) in [6.07, 6.45) is 0.245. The molecule has 39 heavy (non-hydrogen) atoms. The standard InChI is InChI=1S/C28H31F2N3O5S/c1-4-26(28(35)31-3)32(18-20-6-8-21(29)9-7-20)27(34)19-33(23-12-10-22(30)11-13-23)39(36,37)25-16-14-24(15-17-25)38-5-2/h6-17,26H,4-5,18-19H2,1-3H3,(H,31,35). The van der Waals surface area contributed by atoms with Gasteiger partial charge in [0.2, 0.25) is 11.8 Å². The van der Waals surface area contributed by atoms with Crippen LogP contribution in [0.4, 0.5) is 14.5 Å². The molecule has 0 aromatic heterocycles. The Morgan fingerprint density at radius 1 is 0.897 bits per heavy atom. The van der Waals surface area contributed by atoms with Crippen LogP contribution in [0.15, 0.2) is 77.7 Å². The van der Waals surface area contributed by atoms with Crippen molar-refractivity contribution in [2.24, 2.45) is 0 Å². The van der Waals surface area contributed by atoms with Gasteiger partial charge in [0.1, 0.15) is 30.0 Å². The Bertz CT molecular complexity index is 1370. The Morgan fingerprint density at radius 2 is 1.46 bits per heavy atom. The number of benzene rings is 3. The molecule has 0 radical (unpaired) electrons. The predicted octanol–water partition coefficient (Wildman–Crippen LogP) is 4.11. The number of sulfonamides is 1. The highest BCUT2D eigenvalue weighted by Gasteiger charge is 2.33. The second-order valence-electron chi connectivity index (χ2n) is 8.58. The van der Waals surface area contributed by atoms with Gasteiger partial charge in [-0.25, -0.2) is 17.2 Å². The first-order valence-electron chi connectivity index (χ1n) is 12.4. The SMILES string of the molecule is CCOc1ccc(S(=O)(=O)N(CC(=O)N(Cc2ccc(F)cc2)C(CC)C(=O)NC)c2ccc(F)cc2)cc1. The van der Waals surface area contributed by atoms with Gasteiger partial charge in [-0.05, 0) is 79.6 Å². The van der Waals surface area contributed by atoms with Gasteiger partial charge in [0.05, 0.1) is 17.2 Å². The molecule has 0 aliphatic heterocycles. The van der Waals surface area contributed by atoms with Crippen LogP contribution in [0, 0.1) is 11.6 Å².